The second-order valence-corrected chi connectivity index (χ2v) is 16.2. The van der Waals surface area contributed by atoms with Crippen LogP contribution in [0.5, 0.6) is 0 Å². The van der Waals surface area contributed by atoms with E-state index in [1.165, 1.54) is 46.1 Å². The van der Waals surface area contributed by atoms with Crippen LogP contribution in [0.4, 0.5) is 0 Å². The molecule has 1 heterocycles. The van der Waals surface area contributed by atoms with Crippen LogP contribution in [0, 0.1) is 5.41 Å². The molecule has 0 aliphatic heterocycles. The number of aromatic nitrogens is 1. The van der Waals surface area contributed by atoms with Gasteiger partial charge in [-0.25, -0.2) is 0 Å². The van der Waals surface area contributed by atoms with E-state index in [9.17, 15) is 0 Å². The molecule has 34 heavy (non-hydrogen) atoms. The summed E-state index contributed by atoms with van der Waals surface area (Å²) in [6.45, 7) is 7.90. The van der Waals surface area contributed by atoms with E-state index in [1.807, 2.05) is 0 Å². The van der Waals surface area contributed by atoms with Gasteiger partial charge in [-0.3, -0.25) is 0 Å². The van der Waals surface area contributed by atoms with Gasteiger partial charge in [0.1, 0.15) is 0 Å². The van der Waals surface area contributed by atoms with Gasteiger partial charge in [0.15, 0.2) is 0 Å². The summed E-state index contributed by atoms with van der Waals surface area (Å²) in [7, 11) is -2.52. The molecule has 0 bridgehead atoms. The zero-order chi connectivity index (χ0) is 23.8. The van der Waals surface area contributed by atoms with E-state index in [2.05, 4.69) is 127 Å². The van der Waals surface area contributed by atoms with Crippen molar-refractivity contribution in [3.63, 3.8) is 0 Å². The van der Waals surface area contributed by atoms with Gasteiger partial charge in [0.05, 0.1) is 0 Å². The number of H-pyrrole nitrogens is 1. The predicted octanol–water partition coefficient (Wildman–Crippen LogP) is 7.22. The molecule has 0 atom stereocenters. The monoisotopic (exact) mass is 531 g/mol. The number of aromatic amines is 1. The van der Waals surface area contributed by atoms with Gasteiger partial charge in [0.25, 0.3) is 8.32 Å². The smallest absolute Gasteiger partial charge is 0.261 e. The van der Waals surface area contributed by atoms with E-state index >= 15 is 0 Å². The Hall–Kier alpha value is -2.14. The maximum atomic E-state index is 7.38. The van der Waals surface area contributed by atoms with E-state index in [4.69, 9.17) is 4.43 Å². The van der Waals surface area contributed by atoms with Crippen LogP contribution in [0.25, 0.3) is 10.9 Å². The minimum Gasteiger partial charge on any atom is -0.407 e. The summed E-state index contributed by atoms with van der Waals surface area (Å²) in [6, 6.07) is 28.5. The molecule has 1 aromatic heterocycles. The highest BCUT2D eigenvalue weighted by atomic mass is 79.9. The quantitative estimate of drug-likeness (QED) is 0.250. The van der Waals surface area contributed by atoms with Crippen molar-refractivity contribution >= 4 is 45.5 Å². The van der Waals surface area contributed by atoms with E-state index in [0.717, 1.165) is 17.5 Å². The van der Waals surface area contributed by atoms with Gasteiger partial charge in [-0.15, -0.1) is 0 Å². The van der Waals surface area contributed by atoms with E-state index in [-0.39, 0.29) is 10.5 Å². The SMILES string of the molecule is CC(C)(C)[Si](OCC1(Cc2c[nH]c3ccc(Br)cc23)CCC1)(c1ccccc1)c1ccccc1. The first-order chi connectivity index (χ1) is 16.3. The van der Waals surface area contributed by atoms with E-state index in [1.54, 1.807) is 0 Å². The van der Waals surface area contributed by atoms with Gasteiger partial charge < -0.3 is 9.41 Å². The largest absolute Gasteiger partial charge is 0.407 e. The summed E-state index contributed by atoms with van der Waals surface area (Å²) in [5.74, 6) is 0. The van der Waals surface area contributed by atoms with Crippen LogP contribution in [0.3, 0.4) is 0 Å². The van der Waals surface area contributed by atoms with Crippen molar-refractivity contribution in [2.24, 2.45) is 5.41 Å². The number of benzene rings is 3. The molecule has 0 radical (unpaired) electrons. The zero-order valence-corrected chi connectivity index (χ0v) is 23.0. The highest BCUT2D eigenvalue weighted by Crippen LogP contribution is 2.47. The van der Waals surface area contributed by atoms with Crippen molar-refractivity contribution < 1.29 is 4.43 Å². The van der Waals surface area contributed by atoms with E-state index in [0.29, 0.717) is 0 Å². The maximum absolute atomic E-state index is 7.38. The van der Waals surface area contributed by atoms with Crippen LogP contribution in [0.15, 0.2) is 89.5 Å². The topological polar surface area (TPSA) is 25.0 Å². The fourth-order valence-corrected chi connectivity index (χ4v) is 10.8. The number of rotatable bonds is 7. The normalized spacial score (nSPS) is 15.9. The molecule has 1 aliphatic carbocycles. The minimum atomic E-state index is -2.52. The average molecular weight is 533 g/mol. The lowest BCUT2D eigenvalue weighted by atomic mass is 9.66. The van der Waals surface area contributed by atoms with Crippen molar-refractivity contribution in [3.8, 4) is 0 Å². The molecular weight excluding hydrogens is 498 g/mol. The molecule has 1 N–H and O–H groups in total. The molecule has 1 aliphatic rings. The minimum absolute atomic E-state index is 0.00624. The Morgan fingerprint density at radius 3 is 2.06 bits per heavy atom. The number of hydrogen-bond acceptors (Lipinski definition) is 1. The highest BCUT2D eigenvalue weighted by Gasteiger charge is 2.52. The Balaban J connectivity index is 1.52. The third kappa shape index (κ3) is 4.21. The summed E-state index contributed by atoms with van der Waals surface area (Å²) < 4.78 is 8.51. The Morgan fingerprint density at radius 2 is 1.53 bits per heavy atom. The van der Waals surface area contributed by atoms with Crippen LogP contribution >= 0.6 is 15.9 Å². The summed E-state index contributed by atoms with van der Waals surface area (Å²) in [4.78, 5) is 3.48. The predicted molar refractivity (Wildman–Crippen MR) is 150 cm³/mol. The Bertz CT molecular complexity index is 1220. The molecular formula is C30H34BrNOSi. The van der Waals surface area contributed by atoms with Crippen LogP contribution in [0.2, 0.25) is 5.04 Å². The van der Waals surface area contributed by atoms with Gasteiger partial charge in [-0.1, -0.05) is 104 Å². The second-order valence-electron chi connectivity index (χ2n) is 11.0. The lowest BCUT2D eigenvalue weighted by Crippen LogP contribution is -2.67. The van der Waals surface area contributed by atoms with Crippen LogP contribution in [-0.2, 0) is 10.8 Å². The van der Waals surface area contributed by atoms with Gasteiger partial charge in [-0.05, 0) is 63.9 Å². The number of fused-ring (bicyclic) bond motifs is 1. The summed E-state index contributed by atoms with van der Waals surface area (Å²) >= 11 is 3.66. The maximum Gasteiger partial charge on any atom is 0.261 e. The van der Waals surface area contributed by atoms with Gasteiger partial charge >= 0.3 is 0 Å². The molecule has 176 valence electrons. The average Bonchev–Trinajstić information content (AvgIpc) is 3.19. The van der Waals surface area contributed by atoms with Gasteiger partial charge in [0.2, 0.25) is 0 Å². The number of halogens is 1. The molecule has 3 aromatic carbocycles. The van der Waals surface area contributed by atoms with Crippen LogP contribution < -0.4 is 10.4 Å². The van der Waals surface area contributed by atoms with Crippen molar-refractivity contribution in [1.82, 2.24) is 4.98 Å². The molecule has 5 rings (SSSR count). The molecule has 0 saturated heterocycles. The lowest BCUT2D eigenvalue weighted by Gasteiger charge is -2.48. The fourth-order valence-electron chi connectivity index (χ4n) is 5.77. The Labute approximate surface area is 213 Å². The van der Waals surface area contributed by atoms with Crippen molar-refractivity contribution in [2.45, 2.75) is 51.5 Å². The second kappa shape index (κ2) is 9.14. The summed E-state index contributed by atoms with van der Waals surface area (Å²) in [5, 5.41) is 4.05. The molecule has 0 spiro atoms. The summed E-state index contributed by atoms with van der Waals surface area (Å²) in [6.07, 6.45) is 7.01. The standard InChI is InChI=1S/C30H34BrNOSi/c1-29(2,3)34(25-11-6-4-7-12-25,26-13-8-5-9-14-26)33-22-30(17-10-18-30)20-23-21-32-28-16-15-24(31)19-27(23)28/h4-9,11-16,19,21,32H,10,17-18,20,22H2,1-3H3. The molecule has 4 heteroatoms. The fraction of sp³-hybridized carbons (Fsp3) is 0.333. The molecule has 4 aromatic rings. The third-order valence-corrected chi connectivity index (χ3v) is 13.2. The Kier molecular flexibility index (Phi) is 6.34. The lowest BCUT2D eigenvalue weighted by molar-refractivity contribution is 0.0533. The third-order valence-electron chi connectivity index (χ3n) is 7.72. The van der Waals surface area contributed by atoms with E-state index < -0.39 is 8.32 Å². The molecule has 1 saturated carbocycles. The van der Waals surface area contributed by atoms with Gasteiger partial charge in [0, 0.05) is 28.2 Å². The first kappa shape index (κ1) is 23.6. The Morgan fingerprint density at radius 1 is 0.912 bits per heavy atom. The molecule has 2 nitrogen and oxygen atoms in total. The van der Waals surface area contributed by atoms with Crippen molar-refractivity contribution in [1.29, 1.82) is 0 Å². The zero-order valence-electron chi connectivity index (χ0n) is 20.4. The summed E-state index contributed by atoms with van der Waals surface area (Å²) in [5.41, 5.74) is 2.81. The highest BCUT2D eigenvalue weighted by molar-refractivity contribution is 9.10. The van der Waals surface area contributed by atoms with Crippen LogP contribution in [0.1, 0.15) is 45.6 Å². The van der Waals surface area contributed by atoms with Crippen molar-refractivity contribution in [3.05, 3.63) is 95.1 Å². The number of nitrogens with one attached hydrogen (secondary N) is 1. The molecule has 0 amide bonds. The first-order valence-corrected chi connectivity index (χ1v) is 15.0. The van der Waals surface area contributed by atoms with Gasteiger partial charge in [-0.2, -0.15) is 0 Å². The number of hydrogen-bond donors (Lipinski definition) is 1. The molecule has 1 fully saturated rings. The van der Waals surface area contributed by atoms with Crippen LogP contribution in [-0.4, -0.2) is 19.9 Å². The first-order valence-electron chi connectivity index (χ1n) is 12.3. The molecule has 0 unspecified atom stereocenters. The van der Waals surface area contributed by atoms with Crippen molar-refractivity contribution in [2.75, 3.05) is 6.61 Å².